The third kappa shape index (κ3) is 3.48. The highest BCUT2D eigenvalue weighted by atomic mass is 16.2. The number of aromatic nitrogens is 4. The Morgan fingerprint density at radius 1 is 1.57 bits per heavy atom. The van der Waals surface area contributed by atoms with Crippen LogP contribution in [0.1, 0.15) is 48.2 Å². The van der Waals surface area contributed by atoms with Crippen molar-refractivity contribution in [1.82, 2.24) is 25.1 Å². The molecule has 110 valence electrons. The van der Waals surface area contributed by atoms with Crippen LogP contribution in [0.4, 0.5) is 0 Å². The van der Waals surface area contributed by atoms with Gasteiger partial charge in [-0.3, -0.25) is 9.48 Å². The number of carbonyl (C=O) groups is 1. The molecule has 2 N–H and O–H groups in total. The summed E-state index contributed by atoms with van der Waals surface area (Å²) in [7, 11) is 1.80. The predicted molar refractivity (Wildman–Crippen MR) is 76.2 cm³/mol. The number of rotatable bonds is 5. The maximum atomic E-state index is 12.3. The average molecular weight is 286 g/mol. The van der Waals surface area contributed by atoms with E-state index in [4.69, 9.17) is 5.26 Å². The van der Waals surface area contributed by atoms with Crippen LogP contribution in [0.2, 0.25) is 0 Å². The molecule has 0 saturated heterocycles. The van der Waals surface area contributed by atoms with Gasteiger partial charge in [-0.05, 0) is 18.4 Å². The van der Waals surface area contributed by atoms with Crippen molar-refractivity contribution in [1.29, 1.82) is 5.26 Å². The first-order chi connectivity index (χ1) is 10.0. The van der Waals surface area contributed by atoms with Gasteiger partial charge in [-0.15, -0.1) is 0 Å². The molecule has 0 aliphatic rings. The summed E-state index contributed by atoms with van der Waals surface area (Å²) in [5, 5.41) is 15.8. The zero-order valence-electron chi connectivity index (χ0n) is 12.3. The normalized spacial score (nSPS) is 12.1. The van der Waals surface area contributed by atoms with Gasteiger partial charge in [0.05, 0.1) is 11.6 Å². The minimum atomic E-state index is -0.259. The molecular weight excluding hydrogens is 268 g/mol. The van der Waals surface area contributed by atoms with Crippen molar-refractivity contribution >= 4 is 5.91 Å². The SMILES string of the molecule is CC(C)CC(NC(=O)c1cc(C#N)c[nH]1)c1ncnn1C. The standard InChI is InChI=1S/C14H18N6O/c1-9(2)4-11(13-17-8-18-20(13)3)19-14(21)12-5-10(6-15)7-16-12/h5,7-9,11,16H,4H2,1-3H3,(H,19,21). The Hall–Kier alpha value is -2.62. The molecule has 1 atom stereocenters. The summed E-state index contributed by atoms with van der Waals surface area (Å²) in [6, 6.07) is 3.29. The molecule has 1 unspecified atom stereocenters. The number of nitrogens with one attached hydrogen (secondary N) is 2. The fourth-order valence-corrected chi connectivity index (χ4v) is 2.15. The van der Waals surface area contributed by atoms with Crippen molar-refractivity contribution in [2.24, 2.45) is 13.0 Å². The molecule has 7 nitrogen and oxygen atoms in total. The molecule has 2 heterocycles. The van der Waals surface area contributed by atoms with E-state index in [1.165, 1.54) is 18.6 Å². The minimum absolute atomic E-state index is 0.223. The molecule has 0 aromatic carbocycles. The zero-order valence-corrected chi connectivity index (χ0v) is 12.3. The Labute approximate surface area is 123 Å². The van der Waals surface area contributed by atoms with Crippen LogP contribution >= 0.6 is 0 Å². The molecule has 0 aliphatic carbocycles. The van der Waals surface area contributed by atoms with E-state index in [1.807, 2.05) is 6.07 Å². The lowest BCUT2D eigenvalue weighted by atomic mass is 10.0. The Bertz CT molecular complexity index is 663. The number of nitriles is 1. The van der Waals surface area contributed by atoms with E-state index in [-0.39, 0.29) is 11.9 Å². The highest BCUT2D eigenvalue weighted by Gasteiger charge is 2.21. The molecule has 1 amide bonds. The number of carbonyl (C=O) groups excluding carboxylic acids is 1. The van der Waals surface area contributed by atoms with Gasteiger partial charge in [-0.25, -0.2) is 4.98 Å². The number of H-pyrrole nitrogens is 1. The Morgan fingerprint density at radius 3 is 2.86 bits per heavy atom. The topological polar surface area (TPSA) is 99.4 Å². The maximum Gasteiger partial charge on any atom is 0.268 e. The first kappa shape index (κ1) is 14.8. The molecular formula is C14H18N6O. The van der Waals surface area contributed by atoms with Crippen LogP contribution in [-0.4, -0.2) is 25.7 Å². The minimum Gasteiger partial charge on any atom is -0.356 e. The summed E-state index contributed by atoms with van der Waals surface area (Å²) in [5.41, 5.74) is 0.793. The number of amides is 1. The molecule has 0 fully saturated rings. The van der Waals surface area contributed by atoms with Crippen LogP contribution in [0.3, 0.4) is 0 Å². The molecule has 2 aromatic rings. The fraction of sp³-hybridized carbons (Fsp3) is 0.429. The van der Waals surface area contributed by atoms with Crippen molar-refractivity contribution < 1.29 is 4.79 Å². The summed E-state index contributed by atoms with van der Waals surface area (Å²) >= 11 is 0. The lowest BCUT2D eigenvalue weighted by Crippen LogP contribution is -2.31. The van der Waals surface area contributed by atoms with Gasteiger partial charge in [0.2, 0.25) is 0 Å². The van der Waals surface area contributed by atoms with Gasteiger partial charge < -0.3 is 10.3 Å². The maximum absolute atomic E-state index is 12.3. The molecule has 2 rings (SSSR count). The van der Waals surface area contributed by atoms with Crippen molar-refractivity contribution in [3.05, 3.63) is 35.7 Å². The lowest BCUT2D eigenvalue weighted by molar-refractivity contribution is 0.0924. The van der Waals surface area contributed by atoms with E-state index in [0.717, 1.165) is 6.42 Å². The predicted octanol–water partition coefficient (Wildman–Crippen LogP) is 1.53. The van der Waals surface area contributed by atoms with Crippen molar-refractivity contribution in [3.63, 3.8) is 0 Å². The van der Waals surface area contributed by atoms with E-state index >= 15 is 0 Å². The Balaban J connectivity index is 2.17. The first-order valence-corrected chi connectivity index (χ1v) is 6.74. The number of hydrogen-bond donors (Lipinski definition) is 2. The second-order valence-electron chi connectivity index (χ2n) is 5.31. The van der Waals surface area contributed by atoms with Gasteiger partial charge in [-0.2, -0.15) is 10.4 Å². The van der Waals surface area contributed by atoms with E-state index < -0.39 is 0 Å². The summed E-state index contributed by atoms with van der Waals surface area (Å²) in [4.78, 5) is 19.3. The highest BCUT2D eigenvalue weighted by Crippen LogP contribution is 2.19. The Morgan fingerprint density at radius 2 is 2.33 bits per heavy atom. The van der Waals surface area contributed by atoms with Crippen LogP contribution in [0.5, 0.6) is 0 Å². The monoisotopic (exact) mass is 286 g/mol. The average Bonchev–Trinajstić information content (AvgIpc) is 3.05. The quantitative estimate of drug-likeness (QED) is 0.870. The summed E-state index contributed by atoms with van der Waals surface area (Å²) in [6.07, 6.45) is 3.73. The van der Waals surface area contributed by atoms with Gasteiger partial charge in [-0.1, -0.05) is 13.8 Å². The molecule has 0 aliphatic heterocycles. The zero-order chi connectivity index (χ0) is 15.4. The third-order valence-corrected chi connectivity index (χ3v) is 3.13. The van der Waals surface area contributed by atoms with Gasteiger partial charge in [0, 0.05) is 13.2 Å². The van der Waals surface area contributed by atoms with Crippen molar-refractivity contribution in [2.75, 3.05) is 0 Å². The number of hydrogen-bond acceptors (Lipinski definition) is 4. The number of nitrogens with zero attached hydrogens (tertiary/aromatic N) is 4. The van der Waals surface area contributed by atoms with Gasteiger partial charge in [0.25, 0.3) is 5.91 Å². The second kappa shape index (κ2) is 6.22. The van der Waals surface area contributed by atoms with E-state index in [1.54, 1.807) is 11.7 Å². The molecule has 0 radical (unpaired) electrons. The van der Waals surface area contributed by atoms with Crippen LogP contribution < -0.4 is 5.32 Å². The fourth-order valence-electron chi connectivity index (χ4n) is 2.15. The summed E-state index contributed by atoms with van der Waals surface area (Å²) in [6.45, 7) is 4.16. The first-order valence-electron chi connectivity index (χ1n) is 6.74. The van der Waals surface area contributed by atoms with Gasteiger partial charge in [0.15, 0.2) is 0 Å². The lowest BCUT2D eigenvalue weighted by Gasteiger charge is -2.19. The smallest absolute Gasteiger partial charge is 0.268 e. The van der Waals surface area contributed by atoms with Crippen molar-refractivity contribution in [3.8, 4) is 6.07 Å². The highest BCUT2D eigenvalue weighted by molar-refractivity contribution is 5.93. The van der Waals surface area contributed by atoms with Gasteiger partial charge >= 0.3 is 0 Å². The molecule has 0 saturated carbocycles. The second-order valence-corrected chi connectivity index (χ2v) is 5.31. The van der Waals surface area contributed by atoms with Crippen LogP contribution in [-0.2, 0) is 7.05 Å². The summed E-state index contributed by atoms with van der Waals surface area (Å²) in [5.74, 6) is 0.847. The molecule has 0 spiro atoms. The third-order valence-electron chi connectivity index (χ3n) is 3.13. The van der Waals surface area contributed by atoms with E-state index in [0.29, 0.717) is 23.0 Å². The van der Waals surface area contributed by atoms with Crippen LogP contribution in [0.25, 0.3) is 0 Å². The van der Waals surface area contributed by atoms with Crippen LogP contribution in [0.15, 0.2) is 18.6 Å². The van der Waals surface area contributed by atoms with E-state index in [9.17, 15) is 4.79 Å². The number of aromatic amines is 1. The van der Waals surface area contributed by atoms with Gasteiger partial charge in [0.1, 0.15) is 23.9 Å². The summed E-state index contributed by atoms with van der Waals surface area (Å²) < 4.78 is 1.66. The molecule has 2 aromatic heterocycles. The molecule has 7 heteroatoms. The number of aryl methyl sites for hydroxylation is 1. The largest absolute Gasteiger partial charge is 0.356 e. The van der Waals surface area contributed by atoms with E-state index in [2.05, 4.69) is 34.2 Å². The molecule has 0 bridgehead atoms. The van der Waals surface area contributed by atoms with Crippen LogP contribution in [0, 0.1) is 17.2 Å². The molecule has 21 heavy (non-hydrogen) atoms. The Kier molecular flexibility index (Phi) is 4.38. The van der Waals surface area contributed by atoms with Crippen molar-refractivity contribution in [2.45, 2.75) is 26.3 Å².